The van der Waals surface area contributed by atoms with Gasteiger partial charge in [-0.05, 0) is 68.0 Å². The smallest absolute Gasteiger partial charge is 0.416 e. The highest BCUT2D eigenvalue weighted by molar-refractivity contribution is 7.89. The molecule has 11 nitrogen and oxygen atoms in total. The predicted octanol–water partition coefficient (Wildman–Crippen LogP) is 2.95. The highest BCUT2D eigenvalue weighted by Gasteiger charge is 2.47. The van der Waals surface area contributed by atoms with E-state index >= 15 is 0 Å². The Kier molecular flexibility index (Phi) is 8.46. The lowest BCUT2D eigenvalue weighted by Gasteiger charge is -2.34. The number of carbonyl (C=O) groups is 3. The van der Waals surface area contributed by atoms with Crippen LogP contribution in [-0.2, 0) is 32.2 Å². The first-order valence-electron chi connectivity index (χ1n) is 14.1. The van der Waals surface area contributed by atoms with Gasteiger partial charge in [0.15, 0.2) is 6.23 Å². The zero-order valence-corrected chi connectivity index (χ0v) is 24.7. The van der Waals surface area contributed by atoms with Crippen molar-refractivity contribution in [2.75, 3.05) is 25.4 Å². The number of rotatable bonds is 7. The van der Waals surface area contributed by atoms with Crippen molar-refractivity contribution in [1.29, 1.82) is 0 Å². The van der Waals surface area contributed by atoms with Gasteiger partial charge in [0.2, 0.25) is 10.0 Å². The number of nitrogens with zero attached hydrogens (tertiary/aromatic N) is 3. The van der Waals surface area contributed by atoms with Gasteiger partial charge in [-0.2, -0.15) is 13.2 Å². The normalized spacial score (nSPS) is 20.5. The number of halogens is 3. The van der Waals surface area contributed by atoms with Crippen LogP contribution in [0.5, 0.6) is 0 Å². The van der Waals surface area contributed by atoms with Crippen molar-refractivity contribution in [3.63, 3.8) is 0 Å². The molecule has 15 heteroatoms. The monoisotopic (exact) mass is 635 g/mol. The van der Waals surface area contributed by atoms with E-state index in [2.05, 4.69) is 10.3 Å². The highest BCUT2D eigenvalue weighted by Crippen LogP contribution is 2.34. The molecule has 44 heavy (non-hydrogen) atoms. The molecule has 236 valence electrons. The van der Waals surface area contributed by atoms with Gasteiger partial charge >= 0.3 is 12.3 Å². The van der Waals surface area contributed by atoms with Gasteiger partial charge < -0.3 is 20.7 Å². The standard InChI is InChI=1S/C29H32F3N5O6S/c1-18-16-21(25(38)37-12-3-6-23(37)43-27(33)40)8-7-19(18)9-15-44(41,42)36-13-10-28(11-14-36)26(39)34-24(35-28)20-4-2-5-22(17-20)29(30,31)32/h2,4-5,7-8,16-17,23H,3,6,9-15H2,1H3,(H2,33,40)(H,34,35,39)/t23-/m1/s1. The molecule has 5 rings (SSSR count). The number of aryl methyl sites for hydroxylation is 2. The number of ether oxygens (including phenoxy) is 1. The Balaban J connectivity index is 1.20. The molecule has 0 aliphatic carbocycles. The molecule has 0 radical (unpaired) electrons. The SMILES string of the molecule is Cc1cc(C(=O)N2CCC[C@H]2OC(N)=O)ccc1CCS(=O)(=O)N1CCC2(CC1)N=C(c1cccc(C(F)(F)F)c1)NC2=O. The first kappa shape index (κ1) is 31.4. The quantitative estimate of drug-likeness (QED) is 0.478. The van der Waals surface area contributed by atoms with Crippen LogP contribution in [0.4, 0.5) is 18.0 Å². The number of amidine groups is 1. The number of primary amides is 1. The van der Waals surface area contributed by atoms with Gasteiger partial charge in [0.1, 0.15) is 11.4 Å². The molecule has 1 atom stereocenters. The molecular formula is C29H32F3N5O6S. The maximum absolute atomic E-state index is 13.2. The second-order valence-corrected chi connectivity index (χ2v) is 13.3. The van der Waals surface area contributed by atoms with Gasteiger partial charge in [0, 0.05) is 37.2 Å². The molecule has 3 aliphatic heterocycles. The number of alkyl halides is 3. The number of nitrogens with one attached hydrogen (secondary N) is 1. The second-order valence-electron chi connectivity index (χ2n) is 11.2. The van der Waals surface area contributed by atoms with Gasteiger partial charge in [-0.3, -0.25) is 14.6 Å². The molecule has 2 aromatic rings. The van der Waals surface area contributed by atoms with Crippen LogP contribution < -0.4 is 11.1 Å². The molecule has 0 saturated carbocycles. The molecule has 0 aromatic heterocycles. The number of likely N-dealkylation sites (tertiary alicyclic amines) is 1. The number of carbonyl (C=O) groups excluding carboxylic acids is 3. The predicted molar refractivity (Wildman–Crippen MR) is 153 cm³/mol. The topological polar surface area (TPSA) is 151 Å². The van der Waals surface area contributed by atoms with Crippen molar-refractivity contribution in [3.8, 4) is 0 Å². The summed E-state index contributed by atoms with van der Waals surface area (Å²) in [6.07, 6.45) is -4.68. The number of nitrogens with two attached hydrogens (primary N) is 1. The van der Waals surface area contributed by atoms with E-state index in [1.165, 1.54) is 21.3 Å². The van der Waals surface area contributed by atoms with Crippen molar-refractivity contribution in [2.24, 2.45) is 10.7 Å². The third-order valence-electron chi connectivity index (χ3n) is 8.32. The van der Waals surface area contributed by atoms with Gasteiger partial charge in [-0.15, -0.1) is 0 Å². The van der Waals surface area contributed by atoms with Crippen LogP contribution in [0.2, 0.25) is 0 Å². The van der Waals surface area contributed by atoms with E-state index in [9.17, 15) is 36.0 Å². The number of sulfonamides is 1. The van der Waals surface area contributed by atoms with Crippen LogP contribution in [0.3, 0.4) is 0 Å². The molecule has 0 unspecified atom stereocenters. The molecule has 2 aromatic carbocycles. The number of amides is 3. The van der Waals surface area contributed by atoms with E-state index in [-0.39, 0.29) is 55.4 Å². The molecule has 0 bridgehead atoms. The summed E-state index contributed by atoms with van der Waals surface area (Å²) in [7, 11) is -3.72. The van der Waals surface area contributed by atoms with Crippen molar-refractivity contribution in [2.45, 2.75) is 57.0 Å². The summed E-state index contributed by atoms with van der Waals surface area (Å²) in [4.78, 5) is 43.0. The lowest BCUT2D eigenvalue weighted by atomic mass is 9.89. The van der Waals surface area contributed by atoms with Crippen LogP contribution >= 0.6 is 0 Å². The Hall–Kier alpha value is -3.98. The number of hydrogen-bond acceptors (Lipinski definition) is 7. The summed E-state index contributed by atoms with van der Waals surface area (Å²) in [6.45, 7) is 2.27. The minimum Gasteiger partial charge on any atom is -0.425 e. The Labute approximate surface area is 252 Å². The summed E-state index contributed by atoms with van der Waals surface area (Å²) in [5.41, 5.74) is 5.00. The van der Waals surface area contributed by atoms with Crippen LogP contribution in [0.1, 0.15) is 58.3 Å². The van der Waals surface area contributed by atoms with Crippen molar-refractivity contribution in [3.05, 3.63) is 70.3 Å². The summed E-state index contributed by atoms with van der Waals surface area (Å²) < 4.78 is 72.3. The number of aliphatic imine (C=N–C) groups is 1. The second kappa shape index (κ2) is 11.8. The molecule has 2 fully saturated rings. The molecule has 2 saturated heterocycles. The summed E-state index contributed by atoms with van der Waals surface area (Å²) >= 11 is 0. The zero-order valence-electron chi connectivity index (χ0n) is 23.9. The van der Waals surface area contributed by atoms with E-state index in [1.54, 1.807) is 25.1 Å². The first-order valence-corrected chi connectivity index (χ1v) is 15.7. The fourth-order valence-electron chi connectivity index (χ4n) is 5.84. The average molecular weight is 636 g/mol. The van der Waals surface area contributed by atoms with Crippen molar-refractivity contribution < 1.29 is 40.7 Å². The van der Waals surface area contributed by atoms with E-state index in [0.717, 1.165) is 23.3 Å². The van der Waals surface area contributed by atoms with Crippen molar-refractivity contribution in [1.82, 2.24) is 14.5 Å². The minimum atomic E-state index is -4.55. The first-order chi connectivity index (χ1) is 20.7. The fraction of sp³-hybridized carbons (Fsp3) is 0.448. The Bertz CT molecular complexity index is 1620. The van der Waals surface area contributed by atoms with E-state index in [4.69, 9.17) is 10.5 Å². The van der Waals surface area contributed by atoms with Gasteiger partial charge in [-0.1, -0.05) is 18.2 Å². The summed E-state index contributed by atoms with van der Waals surface area (Å²) in [6, 6.07) is 9.51. The lowest BCUT2D eigenvalue weighted by molar-refractivity contribution is -0.137. The van der Waals surface area contributed by atoms with E-state index < -0.39 is 45.5 Å². The molecule has 3 amide bonds. The molecular weight excluding hydrogens is 603 g/mol. The number of piperidine rings is 1. The van der Waals surface area contributed by atoms with Crippen LogP contribution in [0, 0.1) is 6.92 Å². The van der Waals surface area contributed by atoms with Crippen LogP contribution in [0.15, 0.2) is 47.5 Å². The molecule has 3 heterocycles. The molecule has 1 spiro atoms. The summed E-state index contributed by atoms with van der Waals surface area (Å²) in [5.74, 6) is -0.933. The average Bonchev–Trinajstić information content (AvgIpc) is 3.55. The van der Waals surface area contributed by atoms with Crippen LogP contribution in [0.25, 0.3) is 0 Å². The minimum absolute atomic E-state index is 0.0337. The Morgan fingerprint density at radius 3 is 2.52 bits per heavy atom. The Morgan fingerprint density at radius 2 is 1.86 bits per heavy atom. The highest BCUT2D eigenvalue weighted by atomic mass is 32.2. The molecule has 3 N–H and O–H groups in total. The number of benzene rings is 2. The number of hydrogen-bond donors (Lipinski definition) is 2. The largest absolute Gasteiger partial charge is 0.425 e. The summed E-state index contributed by atoms with van der Waals surface area (Å²) in [5, 5.41) is 2.58. The van der Waals surface area contributed by atoms with Gasteiger partial charge in [-0.25, -0.2) is 17.5 Å². The van der Waals surface area contributed by atoms with Crippen molar-refractivity contribution >= 4 is 33.8 Å². The van der Waals surface area contributed by atoms with Gasteiger partial charge in [0.05, 0.1) is 11.3 Å². The van der Waals surface area contributed by atoms with E-state index in [0.29, 0.717) is 24.9 Å². The van der Waals surface area contributed by atoms with Crippen LogP contribution in [-0.4, -0.2) is 78.5 Å². The van der Waals surface area contributed by atoms with Gasteiger partial charge in [0.25, 0.3) is 11.8 Å². The molecule has 3 aliphatic rings. The lowest BCUT2D eigenvalue weighted by Crippen LogP contribution is -2.50. The maximum atomic E-state index is 13.2. The third-order valence-corrected chi connectivity index (χ3v) is 10.2. The maximum Gasteiger partial charge on any atom is 0.416 e. The fourth-order valence-corrected chi connectivity index (χ4v) is 7.31. The third kappa shape index (κ3) is 6.43. The Morgan fingerprint density at radius 1 is 1.14 bits per heavy atom. The van der Waals surface area contributed by atoms with E-state index in [1.807, 2.05) is 0 Å². The zero-order chi connectivity index (χ0) is 31.9.